The fourth-order valence-corrected chi connectivity index (χ4v) is 1.77. The van der Waals surface area contributed by atoms with Crippen molar-refractivity contribution in [2.45, 2.75) is 12.8 Å². The van der Waals surface area contributed by atoms with E-state index in [1.165, 1.54) is 7.05 Å². The van der Waals surface area contributed by atoms with Crippen molar-refractivity contribution in [1.82, 2.24) is 10.0 Å². The summed E-state index contributed by atoms with van der Waals surface area (Å²) in [6.07, 6.45) is -0.181. The minimum Gasteiger partial charge on any atom is -0.481 e. The van der Waals surface area contributed by atoms with Crippen LogP contribution in [0.25, 0.3) is 0 Å². The molecule has 3 N–H and O–H groups in total. The molecule has 0 bridgehead atoms. The molecule has 0 saturated carbocycles. The summed E-state index contributed by atoms with van der Waals surface area (Å²) in [5.74, 6) is -1.79. The number of rotatable bonds is 7. The molecule has 0 heterocycles. The number of hydrogen-bond acceptors (Lipinski definition) is 4. The third kappa shape index (κ3) is 7.89. The summed E-state index contributed by atoms with van der Waals surface area (Å²) in [4.78, 5) is 20.8. The van der Waals surface area contributed by atoms with Gasteiger partial charge in [-0.3, -0.25) is 9.59 Å². The topological polar surface area (TPSA) is 113 Å². The Labute approximate surface area is 87.9 Å². The lowest BCUT2D eigenvalue weighted by Crippen LogP contribution is -2.36. The van der Waals surface area contributed by atoms with Gasteiger partial charge in [0.15, 0.2) is 0 Å². The number of hydrogen-bond donors (Lipinski definition) is 3. The maximum Gasteiger partial charge on any atom is 0.303 e. The van der Waals surface area contributed by atoms with Gasteiger partial charge in [-0.25, -0.2) is 13.1 Å². The van der Waals surface area contributed by atoms with Crippen molar-refractivity contribution in [3.8, 4) is 0 Å². The highest BCUT2D eigenvalue weighted by atomic mass is 32.2. The van der Waals surface area contributed by atoms with E-state index >= 15 is 0 Å². The largest absolute Gasteiger partial charge is 0.481 e. The van der Waals surface area contributed by atoms with E-state index in [2.05, 4.69) is 10.0 Å². The lowest BCUT2D eigenvalue weighted by molar-refractivity contribution is -0.137. The van der Waals surface area contributed by atoms with Crippen molar-refractivity contribution < 1.29 is 23.1 Å². The van der Waals surface area contributed by atoms with Gasteiger partial charge in [-0.1, -0.05) is 0 Å². The monoisotopic (exact) mass is 238 g/mol. The lowest BCUT2D eigenvalue weighted by atomic mass is 10.3. The summed E-state index contributed by atoms with van der Waals surface area (Å²) in [6.45, 7) is -0.327. The first-order chi connectivity index (χ1) is 6.87. The molecular weight excluding hydrogens is 224 g/mol. The van der Waals surface area contributed by atoms with Gasteiger partial charge in [-0.05, 0) is 6.42 Å². The van der Waals surface area contributed by atoms with Gasteiger partial charge in [0.1, 0.15) is 0 Å². The summed E-state index contributed by atoms with van der Waals surface area (Å²) in [5, 5.41) is 10.5. The van der Waals surface area contributed by atoms with E-state index in [4.69, 9.17) is 5.11 Å². The number of amides is 1. The van der Waals surface area contributed by atoms with Crippen LogP contribution in [-0.2, 0) is 19.6 Å². The first kappa shape index (κ1) is 13.8. The van der Waals surface area contributed by atoms with Gasteiger partial charge >= 0.3 is 5.97 Å². The molecule has 0 aliphatic carbocycles. The van der Waals surface area contributed by atoms with Gasteiger partial charge in [-0.15, -0.1) is 0 Å². The van der Waals surface area contributed by atoms with E-state index < -0.39 is 21.9 Å². The number of likely N-dealkylation sites (N-methyl/N-ethyl adjacent to an activating group) is 1. The number of carboxylic acids is 1. The normalized spacial score (nSPS) is 11.0. The maximum atomic E-state index is 11.1. The Balaban J connectivity index is 3.87. The van der Waals surface area contributed by atoms with E-state index in [1.807, 2.05) is 0 Å². The molecule has 0 rings (SSSR count). The molecule has 0 spiro atoms. The summed E-state index contributed by atoms with van der Waals surface area (Å²) >= 11 is 0. The number of carbonyl (C=O) groups excluding carboxylic acids is 1. The van der Waals surface area contributed by atoms with Crippen LogP contribution in [0.1, 0.15) is 12.8 Å². The van der Waals surface area contributed by atoms with Crippen LogP contribution >= 0.6 is 0 Å². The standard InChI is InChI=1S/C7H14N2O5S/c1-8-6(10)5-9-15(13,14)4-2-3-7(11)12/h9H,2-5H2,1H3,(H,8,10)(H,11,12). The fourth-order valence-electron chi connectivity index (χ4n) is 0.749. The molecule has 0 aromatic rings. The van der Waals surface area contributed by atoms with Crippen molar-refractivity contribution in [1.29, 1.82) is 0 Å². The zero-order chi connectivity index (χ0) is 11.9. The van der Waals surface area contributed by atoms with Crippen LogP contribution in [0.4, 0.5) is 0 Å². The van der Waals surface area contributed by atoms with Crippen LogP contribution in [0, 0.1) is 0 Å². The van der Waals surface area contributed by atoms with Crippen molar-refractivity contribution in [3.05, 3.63) is 0 Å². The minimum atomic E-state index is -3.56. The summed E-state index contributed by atoms with van der Waals surface area (Å²) in [7, 11) is -2.17. The molecule has 0 unspecified atom stereocenters. The fraction of sp³-hybridized carbons (Fsp3) is 0.714. The smallest absolute Gasteiger partial charge is 0.303 e. The van der Waals surface area contributed by atoms with Crippen molar-refractivity contribution >= 4 is 21.9 Å². The van der Waals surface area contributed by atoms with Gasteiger partial charge in [0, 0.05) is 13.5 Å². The molecular formula is C7H14N2O5S. The average Bonchev–Trinajstić information content (AvgIpc) is 2.13. The Bertz CT molecular complexity index is 324. The van der Waals surface area contributed by atoms with Crippen molar-refractivity contribution in [2.75, 3.05) is 19.3 Å². The Hall–Kier alpha value is -1.15. The van der Waals surface area contributed by atoms with Crippen LogP contribution in [0.5, 0.6) is 0 Å². The van der Waals surface area contributed by atoms with Gasteiger partial charge in [0.25, 0.3) is 0 Å². The Kier molecular flexibility index (Phi) is 5.87. The molecule has 15 heavy (non-hydrogen) atoms. The molecule has 0 aromatic carbocycles. The molecule has 1 amide bonds. The SMILES string of the molecule is CNC(=O)CNS(=O)(=O)CCCC(=O)O. The minimum absolute atomic E-state index is 0.0262. The van der Waals surface area contributed by atoms with Crippen LogP contribution in [-0.4, -0.2) is 44.7 Å². The zero-order valence-corrected chi connectivity index (χ0v) is 9.13. The van der Waals surface area contributed by atoms with Gasteiger partial charge in [0.2, 0.25) is 15.9 Å². The second kappa shape index (κ2) is 6.36. The molecule has 0 fully saturated rings. The maximum absolute atomic E-state index is 11.1. The molecule has 0 radical (unpaired) electrons. The Morgan fingerprint density at radius 3 is 2.40 bits per heavy atom. The summed E-state index contributed by atoms with van der Waals surface area (Å²) < 4.78 is 24.3. The zero-order valence-electron chi connectivity index (χ0n) is 8.32. The summed E-state index contributed by atoms with van der Waals surface area (Å²) in [5.41, 5.74) is 0. The number of aliphatic carboxylic acids is 1. The van der Waals surface area contributed by atoms with Crippen molar-refractivity contribution in [2.24, 2.45) is 0 Å². The highest BCUT2D eigenvalue weighted by Crippen LogP contribution is 1.94. The molecule has 0 saturated heterocycles. The Morgan fingerprint density at radius 2 is 1.93 bits per heavy atom. The number of carbonyl (C=O) groups is 2. The lowest BCUT2D eigenvalue weighted by Gasteiger charge is -2.04. The molecule has 0 atom stereocenters. The molecule has 8 heteroatoms. The van der Waals surface area contributed by atoms with Crippen LogP contribution < -0.4 is 10.0 Å². The number of sulfonamides is 1. The van der Waals surface area contributed by atoms with Gasteiger partial charge in [-0.2, -0.15) is 0 Å². The number of nitrogens with one attached hydrogen (secondary N) is 2. The second-order valence-corrected chi connectivity index (χ2v) is 4.74. The molecule has 88 valence electrons. The van der Waals surface area contributed by atoms with Crippen LogP contribution in [0.15, 0.2) is 0 Å². The third-order valence-corrected chi connectivity index (χ3v) is 2.95. The highest BCUT2D eigenvalue weighted by Gasteiger charge is 2.12. The molecule has 7 nitrogen and oxygen atoms in total. The molecule has 0 aromatic heterocycles. The average molecular weight is 238 g/mol. The predicted octanol–water partition coefficient (Wildman–Crippen LogP) is -1.48. The summed E-state index contributed by atoms with van der Waals surface area (Å²) in [6, 6.07) is 0. The Morgan fingerprint density at radius 1 is 1.33 bits per heavy atom. The van der Waals surface area contributed by atoms with E-state index in [9.17, 15) is 18.0 Å². The van der Waals surface area contributed by atoms with Crippen molar-refractivity contribution in [3.63, 3.8) is 0 Å². The van der Waals surface area contributed by atoms with Gasteiger partial charge in [0.05, 0.1) is 12.3 Å². The first-order valence-electron chi connectivity index (χ1n) is 4.27. The predicted molar refractivity (Wildman–Crippen MR) is 52.7 cm³/mol. The van der Waals surface area contributed by atoms with Crippen LogP contribution in [0.3, 0.4) is 0 Å². The highest BCUT2D eigenvalue weighted by molar-refractivity contribution is 7.89. The number of carboxylic acid groups (broad SMARTS) is 1. The van der Waals surface area contributed by atoms with E-state index in [0.29, 0.717) is 0 Å². The first-order valence-corrected chi connectivity index (χ1v) is 5.92. The molecule has 0 aliphatic rings. The van der Waals surface area contributed by atoms with Gasteiger partial charge < -0.3 is 10.4 Å². The molecule has 0 aliphatic heterocycles. The van der Waals surface area contributed by atoms with E-state index in [0.717, 1.165) is 0 Å². The second-order valence-electron chi connectivity index (χ2n) is 2.81. The third-order valence-electron chi connectivity index (χ3n) is 1.54. The quantitative estimate of drug-likeness (QED) is 0.500. The van der Waals surface area contributed by atoms with E-state index in [1.54, 1.807) is 0 Å². The van der Waals surface area contributed by atoms with E-state index in [-0.39, 0.29) is 25.1 Å². The van der Waals surface area contributed by atoms with Crippen LogP contribution in [0.2, 0.25) is 0 Å².